The predicted octanol–water partition coefficient (Wildman–Crippen LogP) is 3.66. The Morgan fingerprint density at radius 1 is 1.29 bits per heavy atom. The summed E-state index contributed by atoms with van der Waals surface area (Å²) in [6, 6.07) is 0.657. The number of likely N-dealkylation sites (tertiary alicyclic amines) is 1. The van der Waals surface area contributed by atoms with E-state index in [4.69, 9.17) is 8.85 Å². The van der Waals surface area contributed by atoms with Gasteiger partial charge in [0.1, 0.15) is 17.1 Å². The quantitative estimate of drug-likeness (QED) is 0.406. The van der Waals surface area contributed by atoms with E-state index in [0.717, 1.165) is 27.7 Å². The molecule has 5 rings (SSSR count). The number of rotatable bonds is 6. The Hall–Kier alpha value is -3.55. The molecule has 1 fully saturated rings. The summed E-state index contributed by atoms with van der Waals surface area (Å²) < 4.78 is 114. The maximum absolute atomic E-state index is 15.3. The third-order valence-electron chi connectivity index (χ3n) is 5.74. The lowest BCUT2D eigenvalue weighted by molar-refractivity contribution is 0.00582. The molecule has 0 bridgehead atoms. The van der Waals surface area contributed by atoms with Gasteiger partial charge in [-0.25, -0.2) is 35.8 Å². The summed E-state index contributed by atoms with van der Waals surface area (Å²) in [5, 5.41) is 6.43. The van der Waals surface area contributed by atoms with E-state index >= 15 is 4.39 Å². The first-order valence-electron chi connectivity index (χ1n) is 11.8. The van der Waals surface area contributed by atoms with E-state index in [1.165, 1.54) is 18.0 Å². The second-order valence-electron chi connectivity index (χ2n) is 8.26. The largest absolute Gasteiger partial charge is 0.479 e. The third kappa shape index (κ3) is 4.00. The molecule has 0 spiro atoms. The molecule has 1 saturated heterocycles. The van der Waals surface area contributed by atoms with Gasteiger partial charge in [0.2, 0.25) is 11.8 Å². The zero-order valence-corrected chi connectivity index (χ0v) is 17.9. The number of imidazole rings is 1. The molecule has 0 saturated carbocycles. The first-order chi connectivity index (χ1) is 17.7. The molecule has 8 nitrogen and oxygen atoms in total. The molecule has 1 aliphatic rings. The lowest BCUT2D eigenvalue weighted by Gasteiger charge is -2.19. The Bertz CT molecular complexity index is 1520. The molecule has 0 unspecified atom stereocenters. The summed E-state index contributed by atoms with van der Waals surface area (Å²) in [5.74, 6) is -6.29. The number of likely N-dealkylation sites (N-methyl/N-ethyl adjacent to an activating group) is 1. The summed E-state index contributed by atoms with van der Waals surface area (Å²) in [5.41, 5.74) is -1.22. The highest BCUT2D eigenvalue weighted by Gasteiger charge is 2.47. The fourth-order valence-corrected chi connectivity index (χ4v) is 4.27. The van der Waals surface area contributed by atoms with E-state index in [2.05, 4.69) is 20.4 Å². The Kier molecular flexibility index (Phi) is 4.67. The van der Waals surface area contributed by atoms with E-state index in [0.29, 0.717) is 0 Å². The first kappa shape index (κ1) is 19.7. The van der Waals surface area contributed by atoms with Gasteiger partial charge in [-0.15, -0.1) is 5.10 Å². The van der Waals surface area contributed by atoms with Crippen LogP contribution in [-0.4, -0.2) is 74.6 Å². The topological polar surface area (TPSA) is 72.5 Å². The maximum Gasteiger partial charge on any atom is 0.281 e. The van der Waals surface area contributed by atoms with Crippen molar-refractivity contribution in [1.29, 1.82) is 0 Å². The number of nitrogens with zero attached hydrogens (tertiary/aromatic N) is 6. The van der Waals surface area contributed by atoms with Crippen LogP contribution in [-0.2, 0) is 6.54 Å². The second-order valence-corrected chi connectivity index (χ2v) is 8.26. The zero-order chi connectivity index (χ0) is 27.6. The molecular weight excluding hydrogens is 480 g/mol. The Labute approximate surface area is 198 Å². The third-order valence-corrected chi connectivity index (χ3v) is 5.74. The normalized spacial score (nSPS) is 19.9. The second kappa shape index (κ2) is 8.29. The van der Waals surface area contributed by atoms with Crippen molar-refractivity contribution in [3.8, 4) is 17.0 Å². The number of hydrogen-bond acceptors (Lipinski definition) is 6. The molecular formula is C21H19F6N7O. The van der Waals surface area contributed by atoms with Crippen molar-refractivity contribution in [2.75, 3.05) is 32.5 Å². The van der Waals surface area contributed by atoms with Crippen molar-refractivity contribution in [2.24, 2.45) is 0 Å². The SMILES string of the molecule is [2H]C([2H])([2H])Oc1nc(N[C@@H]2CN(C)CC2(F)F)nn2cc(F)c(-c3cc(F)c4ncn(CC(F)F)c4c3)c12. The van der Waals surface area contributed by atoms with E-state index in [1.54, 1.807) is 0 Å². The van der Waals surface area contributed by atoms with Crippen LogP contribution in [0.15, 0.2) is 24.7 Å². The molecule has 1 atom stereocenters. The fraction of sp³-hybridized carbons (Fsp3) is 0.381. The lowest BCUT2D eigenvalue weighted by atomic mass is 10.1. The highest BCUT2D eigenvalue weighted by Crippen LogP contribution is 2.37. The number of fused-ring (bicyclic) bond motifs is 2. The van der Waals surface area contributed by atoms with Crippen LogP contribution in [0.25, 0.3) is 27.7 Å². The van der Waals surface area contributed by atoms with Gasteiger partial charge in [0.15, 0.2) is 11.6 Å². The van der Waals surface area contributed by atoms with Crippen molar-refractivity contribution >= 4 is 22.5 Å². The molecule has 0 aliphatic carbocycles. The van der Waals surface area contributed by atoms with Crippen LogP contribution in [0.1, 0.15) is 4.11 Å². The Morgan fingerprint density at radius 2 is 2.09 bits per heavy atom. The first-order valence-corrected chi connectivity index (χ1v) is 10.3. The molecule has 1 aliphatic heterocycles. The van der Waals surface area contributed by atoms with Gasteiger partial charge >= 0.3 is 0 Å². The molecule has 1 aromatic carbocycles. The van der Waals surface area contributed by atoms with E-state index in [1.807, 2.05) is 0 Å². The van der Waals surface area contributed by atoms with Gasteiger partial charge in [-0.1, -0.05) is 0 Å². The van der Waals surface area contributed by atoms with Crippen LogP contribution >= 0.6 is 0 Å². The van der Waals surface area contributed by atoms with Crippen LogP contribution in [0.3, 0.4) is 0 Å². The van der Waals surface area contributed by atoms with Gasteiger partial charge < -0.3 is 14.6 Å². The van der Waals surface area contributed by atoms with Crippen LogP contribution < -0.4 is 10.1 Å². The molecule has 3 aromatic heterocycles. The predicted molar refractivity (Wildman–Crippen MR) is 114 cm³/mol. The standard InChI is InChI=1S/C21H19F6N7O/c1-32-6-14(21(26,27)8-32)29-20-30-19(35-2)18-16(12(23)5-34(18)31-20)10-3-11(22)17-13(4-10)33(9-28-17)7-15(24)25/h3-5,9,14-15H,6-8H2,1-2H3,(H,29,31)/t14-/m1/s1/i2D3. The average Bonchev–Trinajstić information content (AvgIpc) is 3.39. The van der Waals surface area contributed by atoms with Gasteiger partial charge in [0.05, 0.1) is 47.8 Å². The maximum atomic E-state index is 15.3. The van der Waals surface area contributed by atoms with Crippen LogP contribution in [0, 0.1) is 11.6 Å². The van der Waals surface area contributed by atoms with Gasteiger partial charge in [0.25, 0.3) is 12.3 Å². The van der Waals surface area contributed by atoms with Gasteiger partial charge in [-0.2, -0.15) is 4.98 Å². The van der Waals surface area contributed by atoms with Gasteiger partial charge in [0, 0.05) is 6.54 Å². The number of aromatic nitrogens is 5. The lowest BCUT2D eigenvalue weighted by Crippen LogP contribution is -2.38. The number of alkyl halides is 4. The van der Waals surface area contributed by atoms with Crippen LogP contribution in [0.4, 0.5) is 32.3 Å². The smallest absolute Gasteiger partial charge is 0.281 e. The Morgan fingerprint density at radius 3 is 2.77 bits per heavy atom. The molecule has 0 amide bonds. The van der Waals surface area contributed by atoms with Crippen molar-refractivity contribution in [3.63, 3.8) is 0 Å². The number of halogens is 6. The number of nitrogens with one attached hydrogen (secondary N) is 1. The minimum Gasteiger partial charge on any atom is -0.479 e. The van der Waals surface area contributed by atoms with Crippen LogP contribution in [0.5, 0.6) is 5.88 Å². The number of methoxy groups -OCH3 is 1. The average molecular weight is 502 g/mol. The van der Waals surface area contributed by atoms with Gasteiger partial charge in [-0.3, -0.25) is 4.90 Å². The molecule has 4 aromatic rings. The highest BCUT2D eigenvalue weighted by atomic mass is 19.3. The summed E-state index contributed by atoms with van der Waals surface area (Å²) in [4.78, 5) is 9.07. The molecule has 4 heterocycles. The monoisotopic (exact) mass is 502 g/mol. The summed E-state index contributed by atoms with van der Waals surface area (Å²) in [6.45, 7) is -1.42. The van der Waals surface area contributed by atoms with E-state index in [-0.39, 0.29) is 28.7 Å². The minimum atomic E-state index is -3.17. The van der Waals surface area contributed by atoms with Crippen molar-refractivity contribution < 1.29 is 35.2 Å². The summed E-state index contributed by atoms with van der Waals surface area (Å²) in [7, 11) is -1.60. The molecule has 1 N–H and O–H groups in total. The summed E-state index contributed by atoms with van der Waals surface area (Å²) >= 11 is 0. The van der Waals surface area contributed by atoms with Crippen molar-refractivity contribution in [3.05, 3.63) is 36.3 Å². The minimum absolute atomic E-state index is 0.0656. The fourth-order valence-electron chi connectivity index (χ4n) is 4.27. The molecule has 14 heteroatoms. The van der Waals surface area contributed by atoms with Crippen LogP contribution in [0.2, 0.25) is 0 Å². The number of benzene rings is 1. The Balaban J connectivity index is 1.67. The van der Waals surface area contributed by atoms with Crippen molar-refractivity contribution in [1.82, 2.24) is 29.0 Å². The number of ether oxygens (including phenoxy) is 1. The van der Waals surface area contributed by atoms with Crippen molar-refractivity contribution in [2.45, 2.75) is 24.9 Å². The molecule has 0 radical (unpaired) electrons. The van der Waals surface area contributed by atoms with Gasteiger partial charge in [-0.05, 0) is 24.7 Å². The number of hydrogen-bond donors (Lipinski definition) is 1. The summed E-state index contributed by atoms with van der Waals surface area (Å²) in [6.07, 6.45) is -0.962. The molecule has 35 heavy (non-hydrogen) atoms. The van der Waals surface area contributed by atoms with E-state index in [9.17, 15) is 22.0 Å². The van der Waals surface area contributed by atoms with E-state index < -0.39 is 67.5 Å². The highest BCUT2D eigenvalue weighted by molar-refractivity contribution is 5.90. The number of anilines is 1. The molecule has 186 valence electrons. The zero-order valence-electron chi connectivity index (χ0n) is 20.9.